The molecule has 2 aliphatic rings. The van der Waals surface area contributed by atoms with E-state index in [9.17, 15) is 8.42 Å². The Kier molecular flexibility index (Phi) is 4.26. The van der Waals surface area contributed by atoms with Crippen LogP contribution >= 0.6 is 15.9 Å². The zero-order valence-electron chi connectivity index (χ0n) is 9.36. The summed E-state index contributed by atoms with van der Waals surface area (Å²) in [4.78, 5) is 0.569. The highest BCUT2D eigenvalue weighted by Crippen LogP contribution is 2.25. The van der Waals surface area contributed by atoms with Crippen molar-refractivity contribution in [2.75, 3.05) is 13.1 Å². The SMILES string of the molecule is O=S(=O)(NC1CCC(Br)CC1)N1CCCC1. The van der Waals surface area contributed by atoms with Crippen LogP contribution in [0.5, 0.6) is 0 Å². The lowest BCUT2D eigenvalue weighted by molar-refractivity contribution is 0.399. The zero-order chi connectivity index (χ0) is 11.6. The Morgan fingerprint density at radius 1 is 1.06 bits per heavy atom. The Morgan fingerprint density at radius 2 is 1.62 bits per heavy atom. The first-order chi connectivity index (χ1) is 7.58. The smallest absolute Gasteiger partial charge is 0.199 e. The molecule has 1 heterocycles. The third-order valence-electron chi connectivity index (χ3n) is 3.38. The van der Waals surface area contributed by atoms with Gasteiger partial charge in [-0.15, -0.1) is 0 Å². The van der Waals surface area contributed by atoms with Crippen molar-refractivity contribution in [2.24, 2.45) is 0 Å². The molecule has 1 saturated carbocycles. The van der Waals surface area contributed by atoms with Gasteiger partial charge in [0.15, 0.2) is 0 Å². The average molecular weight is 311 g/mol. The first-order valence-corrected chi connectivity index (χ1v) is 8.35. The summed E-state index contributed by atoms with van der Waals surface area (Å²) in [6.07, 6.45) is 6.01. The van der Waals surface area contributed by atoms with Gasteiger partial charge in [-0.2, -0.15) is 17.4 Å². The van der Waals surface area contributed by atoms with Crippen molar-refractivity contribution in [3.8, 4) is 0 Å². The Hall–Kier alpha value is 0.350. The third kappa shape index (κ3) is 3.18. The van der Waals surface area contributed by atoms with E-state index < -0.39 is 10.2 Å². The molecule has 0 bridgehead atoms. The third-order valence-corrected chi connectivity index (χ3v) is 5.97. The van der Waals surface area contributed by atoms with E-state index in [1.165, 1.54) is 0 Å². The Balaban J connectivity index is 1.88. The molecule has 16 heavy (non-hydrogen) atoms. The minimum Gasteiger partial charge on any atom is -0.199 e. The van der Waals surface area contributed by atoms with Crippen LogP contribution in [0.15, 0.2) is 0 Å². The number of nitrogens with one attached hydrogen (secondary N) is 1. The normalized spacial score (nSPS) is 33.1. The van der Waals surface area contributed by atoms with Gasteiger partial charge in [-0.25, -0.2) is 0 Å². The van der Waals surface area contributed by atoms with Gasteiger partial charge < -0.3 is 0 Å². The molecule has 0 amide bonds. The van der Waals surface area contributed by atoms with Gasteiger partial charge in [0, 0.05) is 24.0 Å². The van der Waals surface area contributed by atoms with Crippen LogP contribution in [-0.2, 0) is 10.2 Å². The van der Waals surface area contributed by atoms with Crippen LogP contribution in [0.1, 0.15) is 38.5 Å². The second-order valence-corrected chi connectivity index (χ2v) is 7.68. The number of nitrogens with zero attached hydrogens (tertiary/aromatic N) is 1. The summed E-state index contributed by atoms with van der Waals surface area (Å²) in [7, 11) is -3.21. The van der Waals surface area contributed by atoms with E-state index in [1.807, 2.05) is 0 Å². The second-order valence-electron chi connectivity index (χ2n) is 4.68. The van der Waals surface area contributed by atoms with Gasteiger partial charge in [0.2, 0.25) is 0 Å². The summed E-state index contributed by atoms with van der Waals surface area (Å²) in [6.45, 7) is 1.37. The maximum atomic E-state index is 12.0. The molecule has 0 atom stereocenters. The zero-order valence-corrected chi connectivity index (χ0v) is 11.8. The molecule has 0 aromatic carbocycles. The van der Waals surface area contributed by atoms with Crippen LogP contribution in [0.2, 0.25) is 0 Å². The summed E-state index contributed by atoms with van der Waals surface area (Å²) in [6, 6.07) is 0.138. The first-order valence-electron chi connectivity index (χ1n) is 5.99. The van der Waals surface area contributed by atoms with Gasteiger partial charge in [-0.05, 0) is 38.5 Å². The average Bonchev–Trinajstić information content (AvgIpc) is 2.75. The highest BCUT2D eigenvalue weighted by Gasteiger charge is 2.29. The lowest BCUT2D eigenvalue weighted by Gasteiger charge is -2.27. The molecular formula is C10H19BrN2O2S. The molecule has 0 unspecified atom stereocenters. The molecule has 94 valence electrons. The molecule has 1 aliphatic heterocycles. The molecule has 0 spiro atoms. The highest BCUT2D eigenvalue weighted by atomic mass is 79.9. The molecule has 0 aromatic heterocycles. The number of alkyl halides is 1. The van der Waals surface area contributed by atoms with Gasteiger partial charge in [0.25, 0.3) is 10.2 Å². The molecule has 0 aromatic rings. The molecule has 1 N–H and O–H groups in total. The van der Waals surface area contributed by atoms with Crippen molar-refractivity contribution in [3.63, 3.8) is 0 Å². The van der Waals surface area contributed by atoms with E-state index in [0.717, 1.165) is 38.5 Å². The number of hydrogen-bond donors (Lipinski definition) is 1. The van der Waals surface area contributed by atoms with Gasteiger partial charge in [0.1, 0.15) is 0 Å². The van der Waals surface area contributed by atoms with Crippen molar-refractivity contribution in [1.29, 1.82) is 0 Å². The minimum atomic E-state index is -3.21. The Bertz CT molecular complexity index is 320. The van der Waals surface area contributed by atoms with Gasteiger partial charge in [-0.1, -0.05) is 15.9 Å². The standard InChI is InChI=1S/C10H19BrN2O2S/c11-9-3-5-10(6-4-9)12-16(14,15)13-7-1-2-8-13/h9-10,12H,1-8H2. The number of rotatable bonds is 3. The molecule has 2 fully saturated rings. The fraction of sp³-hybridized carbons (Fsp3) is 1.00. The van der Waals surface area contributed by atoms with Crippen LogP contribution in [-0.4, -0.2) is 36.7 Å². The van der Waals surface area contributed by atoms with Crippen molar-refractivity contribution in [3.05, 3.63) is 0 Å². The fourth-order valence-corrected chi connectivity index (χ4v) is 4.46. The molecule has 6 heteroatoms. The first kappa shape index (κ1) is 12.8. The van der Waals surface area contributed by atoms with E-state index in [4.69, 9.17) is 0 Å². The summed E-state index contributed by atoms with van der Waals surface area (Å²) in [5, 5.41) is 0. The molecule has 1 saturated heterocycles. The summed E-state index contributed by atoms with van der Waals surface area (Å²) >= 11 is 3.57. The maximum absolute atomic E-state index is 12.0. The summed E-state index contributed by atoms with van der Waals surface area (Å²) < 4.78 is 28.4. The molecule has 1 aliphatic carbocycles. The topological polar surface area (TPSA) is 49.4 Å². The largest absolute Gasteiger partial charge is 0.279 e. The van der Waals surface area contributed by atoms with Crippen molar-refractivity contribution in [1.82, 2.24) is 9.03 Å². The quantitative estimate of drug-likeness (QED) is 0.805. The summed E-state index contributed by atoms with van der Waals surface area (Å²) in [5.41, 5.74) is 0. The van der Waals surface area contributed by atoms with E-state index in [-0.39, 0.29) is 6.04 Å². The summed E-state index contributed by atoms with van der Waals surface area (Å²) in [5.74, 6) is 0. The van der Waals surface area contributed by atoms with Crippen molar-refractivity contribution < 1.29 is 8.42 Å². The van der Waals surface area contributed by atoms with E-state index >= 15 is 0 Å². The predicted octanol–water partition coefficient (Wildman–Crippen LogP) is 1.62. The molecule has 0 radical (unpaired) electrons. The van der Waals surface area contributed by atoms with Crippen molar-refractivity contribution >= 4 is 26.1 Å². The van der Waals surface area contributed by atoms with Crippen LogP contribution in [0.3, 0.4) is 0 Å². The lowest BCUT2D eigenvalue weighted by Crippen LogP contribution is -2.45. The van der Waals surface area contributed by atoms with E-state index in [1.54, 1.807) is 4.31 Å². The fourth-order valence-electron chi connectivity index (χ4n) is 2.38. The molecule has 4 nitrogen and oxygen atoms in total. The van der Waals surface area contributed by atoms with Crippen LogP contribution in [0.25, 0.3) is 0 Å². The second kappa shape index (κ2) is 5.33. The highest BCUT2D eigenvalue weighted by molar-refractivity contribution is 9.09. The predicted molar refractivity (Wildman–Crippen MR) is 67.8 cm³/mol. The Labute approximate surface area is 106 Å². The molecular weight excluding hydrogens is 292 g/mol. The molecule has 2 rings (SSSR count). The Morgan fingerprint density at radius 3 is 2.19 bits per heavy atom. The van der Waals surface area contributed by atoms with Gasteiger partial charge in [-0.3, -0.25) is 0 Å². The monoisotopic (exact) mass is 310 g/mol. The number of hydrogen-bond acceptors (Lipinski definition) is 2. The van der Waals surface area contributed by atoms with Gasteiger partial charge >= 0.3 is 0 Å². The van der Waals surface area contributed by atoms with E-state index in [2.05, 4.69) is 20.7 Å². The lowest BCUT2D eigenvalue weighted by atomic mass is 9.96. The maximum Gasteiger partial charge on any atom is 0.279 e. The van der Waals surface area contributed by atoms with Crippen LogP contribution in [0, 0.1) is 0 Å². The van der Waals surface area contributed by atoms with Crippen molar-refractivity contribution in [2.45, 2.75) is 49.4 Å². The van der Waals surface area contributed by atoms with Crippen LogP contribution < -0.4 is 4.72 Å². The van der Waals surface area contributed by atoms with Gasteiger partial charge in [0.05, 0.1) is 0 Å². The van der Waals surface area contributed by atoms with E-state index in [0.29, 0.717) is 17.9 Å². The van der Waals surface area contributed by atoms with Crippen LogP contribution in [0.4, 0.5) is 0 Å². The number of halogens is 1. The minimum absolute atomic E-state index is 0.138.